The van der Waals surface area contributed by atoms with Crippen LogP contribution < -0.4 is 0 Å². The van der Waals surface area contributed by atoms with Crippen molar-refractivity contribution < 1.29 is 24.2 Å². The lowest BCUT2D eigenvalue weighted by Crippen LogP contribution is -2.53. The Bertz CT molecular complexity index is 623. The molecule has 1 aliphatic heterocycles. The molecule has 2 heterocycles. The van der Waals surface area contributed by atoms with Crippen LogP contribution in [-0.4, -0.2) is 64.9 Å². The van der Waals surface area contributed by atoms with E-state index in [1.807, 2.05) is 17.0 Å². The second kappa shape index (κ2) is 7.49. The van der Waals surface area contributed by atoms with Crippen LogP contribution in [0.1, 0.15) is 31.2 Å². The van der Waals surface area contributed by atoms with E-state index < -0.39 is 5.97 Å². The van der Waals surface area contributed by atoms with Crippen molar-refractivity contribution in [2.75, 3.05) is 20.3 Å². The topological polar surface area (TPSA) is 89.0 Å². The van der Waals surface area contributed by atoms with Gasteiger partial charge in [-0.15, -0.1) is 0 Å². The molecule has 0 bridgehead atoms. The third kappa shape index (κ3) is 3.82. The highest BCUT2D eigenvalue weighted by molar-refractivity contribution is 5.79. The van der Waals surface area contributed by atoms with Gasteiger partial charge in [0.25, 0.3) is 0 Å². The molecule has 0 aromatic carbocycles. The van der Waals surface area contributed by atoms with Gasteiger partial charge in [0.1, 0.15) is 6.61 Å². The first-order chi connectivity index (χ1) is 12.0. The molecular formula is C18H24N2O5. The highest BCUT2D eigenvalue weighted by Crippen LogP contribution is 2.43. The van der Waals surface area contributed by atoms with Crippen LogP contribution in [0.15, 0.2) is 24.5 Å². The predicted molar refractivity (Wildman–Crippen MR) is 89.0 cm³/mol. The fourth-order valence-electron chi connectivity index (χ4n) is 4.08. The third-order valence-electron chi connectivity index (χ3n) is 5.38. The lowest BCUT2D eigenvalue weighted by Gasteiger charge is -2.43. The number of pyridine rings is 1. The van der Waals surface area contributed by atoms with Crippen molar-refractivity contribution in [1.29, 1.82) is 0 Å². The smallest absolute Gasteiger partial charge is 0.329 e. The van der Waals surface area contributed by atoms with Gasteiger partial charge in [0.15, 0.2) is 0 Å². The molecule has 0 radical (unpaired) electrons. The van der Waals surface area contributed by atoms with Crippen LogP contribution in [0, 0.1) is 0 Å². The van der Waals surface area contributed by atoms with Crippen molar-refractivity contribution >= 4 is 11.9 Å². The number of hydrogen-bond donors (Lipinski definition) is 1. The summed E-state index contributed by atoms with van der Waals surface area (Å²) in [6.45, 7) is 0.351. The van der Waals surface area contributed by atoms with E-state index in [0.717, 1.165) is 24.8 Å². The summed E-state index contributed by atoms with van der Waals surface area (Å²) >= 11 is 0. The number of carboxylic acids is 1. The fourth-order valence-corrected chi connectivity index (χ4v) is 4.08. The quantitative estimate of drug-likeness (QED) is 0.833. The van der Waals surface area contributed by atoms with Crippen molar-refractivity contribution in [3.63, 3.8) is 0 Å². The van der Waals surface area contributed by atoms with E-state index in [1.54, 1.807) is 19.5 Å². The first kappa shape index (κ1) is 17.8. The molecule has 3 atom stereocenters. The van der Waals surface area contributed by atoms with E-state index in [2.05, 4.69) is 4.98 Å². The van der Waals surface area contributed by atoms with Gasteiger partial charge in [0.2, 0.25) is 5.91 Å². The summed E-state index contributed by atoms with van der Waals surface area (Å²) in [7, 11) is 1.69. The van der Waals surface area contributed by atoms with Gasteiger partial charge in [-0.25, -0.2) is 4.79 Å². The SMILES string of the molecule is CO[C@@]12CC[C@@H](OCC(=O)O)C[C@@H]1N(C(=O)Cc1cccnc1)CC2. The third-order valence-corrected chi connectivity index (χ3v) is 5.38. The van der Waals surface area contributed by atoms with E-state index in [1.165, 1.54) is 0 Å². The highest BCUT2D eigenvalue weighted by Gasteiger charge is 2.52. The van der Waals surface area contributed by atoms with Crippen molar-refractivity contribution in [2.45, 2.75) is 49.9 Å². The van der Waals surface area contributed by atoms with Crippen molar-refractivity contribution in [2.24, 2.45) is 0 Å². The van der Waals surface area contributed by atoms with Crippen LogP contribution in [0.3, 0.4) is 0 Å². The molecule has 1 aliphatic carbocycles. The Morgan fingerprint density at radius 2 is 2.28 bits per heavy atom. The van der Waals surface area contributed by atoms with Crippen LogP contribution in [0.25, 0.3) is 0 Å². The Labute approximate surface area is 146 Å². The lowest BCUT2D eigenvalue weighted by atomic mass is 9.79. The van der Waals surface area contributed by atoms with E-state index in [-0.39, 0.29) is 30.3 Å². The number of rotatable bonds is 6. The van der Waals surface area contributed by atoms with Crippen LogP contribution in [0.5, 0.6) is 0 Å². The molecule has 1 saturated carbocycles. The Morgan fingerprint density at radius 1 is 1.44 bits per heavy atom. The summed E-state index contributed by atoms with van der Waals surface area (Å²) in [6, 6.07) is 3.64. The Morgan fingerprint density at radius 3 is 2.96 bits per heavy atom. The predicted octanol–water partition coefficient (Wildman–Crippen LogP) is 1.26. The summed E-state index contributed by atoms with van der Waals surface area (Å²) in [6.07, 6.45) is 6.49. The summed E-state index contributed by atoms with van der Waals surface area (Å²) in [5, 5.41) is 8.81. The number of amides is 1. The molecule has 1 saturated heterocycles. The molecule has 1 amide bonds. The number of nitrogens with zero attached hydrogens (tertiary/aromatic N) is 2. The maximum Gasteiger partial charge on any atom is 0.329 e. The molecule has 1 aromatic rings. The molecular weight excluding hydrogens is 324 g/mol. The van der Waals surface area contributed by atoms with Crippen LogP contribution >= 0.6 is 0 Å². The first-order valence-corrected chi connectivity index (χ1v) is 8.61. The number of likely N-dealkylation sites (tertiary alicyclic amines) is 1. The highest BCUT2D eigenvalue weighted by atomic mass is 16.5. The van der Waals surface area contributed by atoms with E-state index >= 15 is 0 Å². The summed E-state index contributed by atoms with van der Waals surface area (Å²) in [4.78, 5) is 29.5. The zero-order valence-corrected chi connectivity index (χ0v) is 14.4. The number of fused-ring (bicyclic) bond motifs is 1. The molecule has 0 spiro atoms. The van der Waals surface area contributed by atoms with Gasteiger partial charge in [-0.1, -0.05) is 6.07 Å². The minimum atomic E-state index is -0.973. The summed E-state index contributed by atoms with van der Waals surface area (Å²) in [5.41, 5.74) is 0.546. The molecule has 136 valence electrons. The minimum absolute atomic E-state index is 0.0517. The number of carbonyl (C=O) groups is 2. The number of ether oxygens (including phenoxy) is 2. The maximum absolute atomic E-state index is 12.8. The van der Waals surface area contributed by atoms with Crippen molar-refractivity contribution in [3.05, 3.63) is 30.1 Å². The van der Waals surface area contributed by atoms with Crippen molar-refractivity contribution in [3.8, 4) is 0 Å². The normalized spacial score (nSPS) is 28.6. The Kier molecular flexibility index (Phi) is 5.34. The van der Waals surface area contributed by atoms with E-state index in [0.29, 0.717) is 19.4 Å². The number of carbonyl (C=O) groups excluding carboxylic acids is 1. The molecule has 2 aliphatic rings. The van der Waals surface area contributed by atoms with E-state index in [9.17, 15) is 9.59 Å². The minimum Gasteiger partial charge on any atom is -0.480 e. The second-order valence-corrected chi connectivity index (χ2v) is 6.76. The van der Waals surface area contributed by atoms with Gasteiger partial charge in [-0.3, -0.25) is 9.78 Å². The summed E-state index contributed by atoms with van der Waals surface area (Å²) in [5.74, 6) is -0.921. The monoisotopic (exact) mass is 348 g/mol. The molecule has 7 heteroatoms. The standard InChI is InChI=1S/C18H24N2O5/c1-24-18-5-4-14(25-12-17(22)23)10-15(18)20(8-6-18)16(21)9-13-3-2-7-19-11-13/h2-3,7,11,14-15H,4-6,8-10,12H2,1H3,(H,22,23)/t14-,15+,18-/m1/s1. The zero-order chi connectivity index (χ0) is 17.9. The second-order valence-electron chi connectivity index (χ2n) is 6.76. The molecule has 7 nitrogen and oxygen atoms in total. The summed E-state index contributed by atoms with van der Waals surface area (Å²) < 4.78 is 11.3. The average molecular weight is 348 g/mol. The van der Waals surface area contributed by atoms with Gasteiger partial charge >= 0.3 is 5.97 Å². The fraction of sp³-hybridized carbons (Fsp3) is 0.611. The van der Waals surface area contributed by atoms with Gasteiger partial charge in [0.05, 0.1) is 24.2 Å². The number of hydrogen-bond acceptors (Lipinski definition) is 5. The molecule has 1 aromatic heterocycles. The molecule has 0 unspecified atom stereocenters. The van der Waals surface area contributed by atoms with Crippen LogP contribution in [0.4, 0.5) is 0 Å². The van der Waals surface area contributed by atoms with Gasteiger partial charge < -0.3 is 19.5 Å². The molecule has 2 fully saturated rings. The average Bonchev–Trinajstić information content (AvgIpc) is 3.00. The van der Waals surface area contributed by atoms with Gasteiger partial charge in [-0.2, -0.15) is 0 Å². The lowest BCUT2D eigenvalue weighted by molar-refractivity contribution is -0.151. The Balaban J connectivity index is 1.69. The molecule has 1 N–H and O–H groups in total. The van der Waals surface area contributed by atoms with Crippen LogP contribution in [-0.2, 0) is 25.5 Å². The molecule has 25 heavy (non-hydrogen) atoms. The number of aliphatic carboxylic acids is 1. The number of carboxylic acid groups (broad SMARTS) is 1. The van der Waals surface area contributed by atoms with Crippen LogP contribution in [0.2, 0.25) is 0 Å². The first-order valence-electron chi connectivity index (χ1n) is 8.61. The zero-order valence-electron chi connectivity index (χ0n) is 14.4. The van der Waals surface area contributed by atoms with Gasteiger partial charge in [-0.05, 0) is 37.3 Å². The van der Waals surface area contributed by atoms with Gasteiger partial charge in [0, 0.05) is 26.0 Å². The maximum atomic E-state index is 12.8. The van der Waals surface area contributed by atoms with Crippen molar-refractivity contribution in [1.82, 2.24) is 9.88 Å². The largest absolute Gasteiger partial charge is 0.480 e. The Hall–Kier alpha value is -1.99. The number of aromatic nitrogens is 1. The molecule has 3 rings (SSSR count). The number of methoxy groups -OCH3 is 1. The van der Waals surface area contributed by atoms with E-state index in [4.69, 9.17) is 14.6 Å².